The van der Waals surface area contributed by atoms with Gasteiger partial charge in [-0.3, -0.25) is 0 Å². The van der Waals surface area contributed by atoms with Crippen LogP contribution in [-0.4, -0.2) is 25.3 Å². The van der Waals surface area contributed by atoms with Crippen molar-refractivity contribution >= 4 is 10.0 Å². The van der Waals surface area contributed by atoms with Crippen LogP contribution in [0.5, 0.6) is 0 Å². The van der Waals surface area contributed by atoms with Gasteiger partial charge in [0.05, 0.1) is 4.90 Å². The molecule has 2 N–H and O–H groups in total. The molecule has 1 aromatic carbocycles. The molecule has 0 bridgehead atoms. The molecule has 0 spiro atoms. The van der Waals surface area contributed by atoms with E-state index in [1.54, 1.807) is 10.4 Å². The van der Waals surface area contributed by atoms with E-state index in [1.165, 1.54) is 0 Å². The molecule has 0 saturated carbocycles. The molecule has 2 rings (SSSR count). The van der Waals surface area contributed by atoms with Crippen LogP contribution in [0.15, 0.2) is 17.0 Å². The van der Waals surface area contributed by atoms with Crippen LogP contribution in [0.3, 0.4) is 0 Å². The van der Waals surface area contributed by atoms with E-state index in [9.17, 15) is 8.42 Å². The first-order valence-electron chi connectivity index (χ1n) is 7.61. The van der Waals surface area contributed by atoms with Crippen LogP contribution >= 0.6 is 0 Å². The summed E-state index contributed by atoms with van der Waals surface area (Å²) in [5, 5.41) is 0. The quantitative estimate of drug-likeness (QED) is 0.933. The standard InChI is InChI=1S/C16H26N2O2S/c1-11-6-5-7-18(14(11)4)21(19,20)16-9-15(10-17)8-12(2)13(16)3/h8-9,11,14H,5-7,10,17H2,1-4H3. The highest BCUT2D eigenvalue weighted by Gasteiger charge is 2.35. The van der Waals surface area contributed by atoms with Crippen LogP contribution < -0.4 is 5.73 Å². The number of benzene rings is 1. The van der Waals surface area contributed by atoms with E-state index in [-0.39, 0.29) is 6.04 Å². The Hall–Kier alpha value is -0.910. The summed E-state index contributed by atoms with van der Waals surface area (Å²) in [5.74, 6) is 0.396. The van der Waals surface area contributed by atoms with E-state index in [4.69, 9.17) is 5.73 Å². The van der Waals surface area contributed by atoms with E-state index in [0.717, 1.165) is 29.5 Å². The second-order valence-corrected chi connectivity index (χ2v) is 8.07. The van der Waals surface area contributed by atoms with Gasteiger partial charge in [0.1, 0.15) is 0 Å². The number of hydrogen-bond donors (Lipinski definition) is 1. The third kappa shape index (κ3) is 3.00. The molecule has 5 heteroatoms. The van der Waals surface area contributed by atoms with Gasteiger partial charge in [0.15, 0.2) is 0 Å². The highest BCUT2D eigenvalue weighted by molar-refractivity contribution is 7.89. The Bertz CT molecular complexity index is 625. The summed E-state index contributed by atoms with van der Waals surface area (Å²) in [4.78, 5) is 0.420. The normalized spacial score (nSPS) is 24.2. The first kappa shape index (κ1) is 16.5. The maximum atomic E-state index is 13.1. The van der Waals surface area contributed by atoms with Gasteiger partial charge in [-0.2, -0.15) is 4.31 Å². The zero-order valence-corrected chi connectivity index (χ0v) is 14.2. The maximum absolute atomic E-state index is 13.1. The molecule has 4 nitrogen and oxygen atoms in total. The highest BCUT2D eigenvalue weighted by atomic mass is 32.2. The van der Waals surface area contributed by atoms with Crippen LogP contribution in [0.25, 0.3) is 0 Å². The molecule has 1 aromatic rings. The van der Waals surface area contributed by atoms with Gasteiger partial charge in [-0.05, 0) is 62.3 Å². The van der Waals surface area contributed by atoms with Gasteiger partial charge in [0.25, 0.3) is 0 Å². The lowest BCUT2D eigenvalue weighted by Gasteiger charge is -2.37. The first-order chi connectivity index (χ1) is 9.78. The van der Waals surface area contributed by atoms with E-state index in [2.05, 4.69) is 6.92 Å². The molecule has 0 radical (unpaired) electrons. The van der Waals surface area contributed by atoms with Crippen LogP contribution in [-0.2, 0) is 16.6 Å². The van der Waals surface area contributed by atoms with Crippen molar-refractivity contribution in [3.8, 4) is 0 Å². The number of aryl methyl sites for hydroxylation is 1. The molecule has 21 heavy (non-hydrogen) atoms. The van der Waals surface area contributed by atoms with Crippen LogP contribution in [0.4, 0.5) is 0 Å². The van der Waals surface area contributed by atoms with Crippen LogP contribution in [0, 0.1) is 19.8 Å². The highest BCUT2D eigenvalue weighted by Crippen LogP contribution is 2.31. The van der Waals surface area contributed by atoms with E-state index in [0.29, 0.717) is 23.9 Å². The largest absolute Gasteiger partial charge is 0.326 e. The van der Waals surface area contributed by atoms with Crippen molar-refractivity contribution in [3.63, 3.8) is 0 Å². The lowest BCUT2D eigenvalue weighted by atomic mass is 9.94. The van der Waals surface area contributed by atoms with Crippen molar-refractivity contribution in [1.82, 2.24) is 4.31 Å². The molecule has 1 aliphatic rings. The van der Waals surface area contributed by atoms with Gasteiger partial charge in [0.2, 0.25) is 10.0 Å². The second-order valence-electron chi connectivity index (χ2n) is 6.22. The monoisotopic (exact) mass is 310 g/mol. The van der Waals surface area contributed by atoms with Crippen molar-refractivity contribution in [1.29, 1.82) is 0 Å². The third-order valence-electron chi connectivity index (χ3n) is 4.82. The number of rotatable bonds is 3. The molecule has 0 aliphatic carbocycles. The fraction of sp³-hybridized carbons (Fsp3) is 0.625. The van der Waals surface area contributed by atoms with E-state index in [1.807, 2.05) is 26.8 Å². The lowest BCUT2D eigenvalue weighted by Crippen LogP contribution is -2.46. The van der Waals surface area contributed by atoms with Gasteiger partial charge in [-0.1, -0.05) is 13.0 Å². The molecular weight excluding hydrogens is 284 g/mol. The first-order valence-corrected chi connectivity index (χ1v) is 9.05. The predicted molar refractivity (Wildman–Crippen MR) is 85.6 cm³/mol. The Morgan fingerprint density at radius 1 is 1.29 bits per heavy atom. The number of hydrogen-bond acceptors (Lipinski definition) is 3. The molecule has 1 aliphatic heterocycles. The molecule has 1 heterocycles. The molecule has 2 unspecified atom stereocenters. The zero-order chi connectivity index (χ0) is 15.8. The number of sulfonamides is 1. The number of nitrogens with zero attached hydrogens (tertiary/aromatic N) is 1. The summed E-state index contributed by atoms with van der Waals surface area (Å²) in [7, 11) is -3.45. The molecule has 118 valence electrons. The van der Waals surface area contributed by atoms with Crippen LogP contribution in [0.1, 0.15) is 43.4 Å². The van der Waals surface area contributed by atoms with Gasteiger partial charge in [-0.15, -0.1) is 0 Å². The topological polar surface area (TPSA) is 63.4 Å². The minimum atomic E-state index is -3.45. The Morgan fingerprint density at radius 3 is 2.57 bits per heavy atom. The Kier molecular flexibility index (Phi) is 4.76. The number of nitrogens with two attached hydrogens (primary N) is 1. The SMILES string of the molecule is Cc1cc(CN)cc(S(=O)(=O)N2CCCC(C)C2C)c1C. The van der Waals surface area contributed by atoms with E-state index < -0.39 is 10.0 Å². The number of piperidine rings is 1. The van der Waals surface area contributed by atoms with Crippen molar-refractivity contribution < 1.29 is 8.42 Å². The summed E-state index contributed by atoms with van der Waals surface area (Å²) < 4.78 is 27.8. The Balaban J connectivity index is 2.51. The van der Waals surface area contributed by atoms with Crippen molar-refractivity contribution in [2.45, 2.75) is 58.0 Å². The smallest absolute Gasteiger partial charge is 0.243 e. The second kappa shape index (κ2) is 6.07. The summed E-state index contributed by atoms with van der Waals surface area (Å²) in [6, 6.07) is 3.75. The molecule has 2 atom stereocenters. The third-order valence-corrected chi connectivity index (χ3v) is 6.93. The molecule has 0 aromatic heterocycles. The minimum absolute atomic E-state index is 0.0463. The minimum Gasteiger partial charge on any atom is -0.326 e. The maximum Gasteiger partial charge on any atom is 0.243 e. The molecule has 1 saturated heterocycles. The van der Waals surface area contributed by atoms with Gasteiger partial charge in [-0.25, -0.2) is 8.42 Å². The van der Waals surface area contributed by atoms with Crippen molar-refractivity contribution in [3.05, 3.63) is 28.8 Å². The summed E-state index contributed by atoms with van der Waals surface area (Å²) in [6.07, 6.45) is 2.02. The molecule has 1 fully saturated rings. The zero-order valence-electron chi connectivity index (χ0n) is 13.4. The van der Waals surface area contributed by atoms with Crippen LogP contribution in [0.2, 0.25) is 0 Å². The Morgan fingerprint density at radius 2 is 1.95 bits per heavy atom. The van der Waals surface area contributed by atoms with Gasteiger partial charge in [0, 0.05) is 19.1 Å². The predicted octanol–water partition coefficient (Wildman–Crippen LogP) is 2.57. The average Bonchev–Trinajstić information content (AvgIpc) is 2.44. The fourth-order valence-electron chi connectivity index (χ4n) is 3.05. The van der Waals surface area contributed by atoms with Crippen molar-refractivity contribution in [2.75, 3.05) is 6.54 Å². The summed E-state index contributed by atoms with van der Waals surface area (Å²) >= 11 is 0. The summed E-state index contributed by atoms with van der Waals surface area (Å²) in [6.45, 7) is 8.92. The van der Waals surface area contributed by atoms with Gasteiger partial charge < -0.3 is 5.73 Å². The fourth-order valence-corrected chi connectivity index (χ4v) is 5.16. The average molecular weight is 310 g/mol. The van der Waals surface area contributed by atoms with Gasteiger partial charge >= 0.3 is 0 Å². The van der Waals surface area contributed by atoms with E-state index >= 15 is 0 Å². The molecule has 0 amide bonds. The summed E-state index contributed by atoms with van der Waals surface area (Å²) in [5.41, 5.74) is 8.38. The van der Waals surface area contributed by atoms with Crippen molar-refractivity contribution in [2.24, 2.45) is 11.7 Å². The Labute approximate surface area is 128 Å². The molecular formula is C16H26N2O2S. The lowest BCUT2D eigenvalue weighted by molar-refractivity contribution is 0.202.